The Morgan fingerprint density at radius 3 is 1.46 bits per heavy atom. The lowest BCUT2D eigenvalue weighted by Crippen LogP contribution is -2.68. The van der Waals surface area contributed by atoms with Gasteiger partial charge in [-0.1, -0.05) is 60.7 Å². The van der Waals surface area contributed by atoms with E-state index in [1.807, 2.05) is 0 Å². The predicted octanol–water partition coefficient (Wildman–Crippen LogP) is -1.30. The molecule has 6 heteroatoms. The third-order valence-corrected chi connectivity index (χ3v) is 4.49. The highest BCUT2D eigenvalue weighted by Crippen LogP contribution is 2.42. The zero-order chi connectivity index (χ0) is 17.8. The topological polar surface area (TPSA) is 92.2 Å². The first-order valence-corrected chi connectivity index (χ1v) is 8.91. The highest BCUT2D eigenvalue weighted by Gasteiger charge is 2.46. The molecule has 0 N–H and O–H groups in total. The molecule has 1 saturated heterocycles. The fourth-order valence-electron chi connectivity index (χ4n) is 3.53. The number of nitrogens with zero attached hydrogens (tertiary/aromatic N) is 1. The molecular weight excluding hydrogens is 330 g/mol. The van der Waals surface area contributed by atoms with Crippen LogP contribution in [0.3, 0.4) is 0 Å². The van der Waals surface area contributed by atoms with Crippen LogP contribution < -0.4 is 18.6 Å². The Balaban J connectivity index is 0.000000368. The number of benzene rings is 2. The minimum atomic E-state index is -4.94. The second kappa shape index (κ2) is 7.19. The van der Waals surface area contributed by atoms with Crippen LogP contribution in [0.2, 0.25) is 0 Å². The van der Waals surface area contributed by atoms with Gasteiger partial charge in [-0.2, -0.15) is 0 Å². The summed E-state index contributed by atoms with van der Waals surface area (Å²) in [5.74, 6) is 0. The minimum Gasteiger partial charge on any atom is -0.327 e. The van der Waals surface area contributed by atoms with E-state index in [1.54, 1.807) is 0 Å². The van der Waals surface area contributed by atoms with Crippen LogP contribution in [0.25, 0.3) is 0 Å². The van der Waals surface area contributed by atoms with Gasteiger partial charge in [-0.05, 0) is 11.1 Å². The molecule has 1 heterocycles. The zero-order valence-corrected chi connectivity index (χ0v) is 14.6. The first-order chi connectivity index (χ1) is 11.1. The van der Waals surface area contributed by atoms with Gasteiger partial charge in [-0.15, -0.1) is 10.2 Å². The average molecular weight is 352 g/mol. The molecule has 1 aliphatic heterocycles. The smallest absolute Gasteiger partial charge is 0.0924 e. The second-order valence-corrected chi connectivity index (χ2v) is 7.52. The van der Waals surface area contributed by atoms with Gasteiger partial charge in [0.2, 0.25) is 0 Å². The van der Waals surface area contributed by atoms with E-state index in [-0.39, 0.29) is 5.41 Å². The summed E-state index contributed by atoms with van der Waals surface area (Å²) in [4.78, 5) is 0. The molecule has 24 heavy (non-hydrogen) atoms. The van der Waals surface area contributed by atoms with Gasteiger partial charge in [0.05, 0.1) is 32.6 Å². The molecule has 5 nitrogen and oxygen atoms in total. The summed E-state index contributed by atoms with van der Waals surface area (Å²) < 4.78 is 35.1. The molecular formula is C18H22ClNO4. The molecule has 0 spiro atoms. The third-order valence-electron chi connectivity index (χ3n) is 4.49. The molecule has 0 atom stereocenters. The molecule has 0 amide bonds. The monoisotopic (exact) mass is 351 g/mol. The van der Waals surface area contributed by atoms with E-state index in [2.05, 4.69) is 74.8 Å². The van der Waals surface area contributed by atoms with Crippen molar-refractivity contribution in [1.82, 2.24) is 0 Å². The van der Waals surface area contributed by atoms with Gasteiger partial charge in [0.25, 0.3) is 0 Å². The lowest BCUT2D eigenvalue weighted by Gasteiger charge is -2.31. The van der Waals surface area contributed by atoms with Crippen LogP contribution in [0.5, 0.6) is 0 Å². The molecule has 0 saturated carbocycles. The van der Waals surface area contributed by atoms with Crippen molar-refractivity contribution in [2.45, 2.75) is 11.8 Å². The molecule has 0 aliphatic carbocycles. The van der Waals surface area contributed by atoms with Gasteiger partial charge >= 0.3 is 0 Å². The normalized spacial score (nSPS) is 18.6. The zero-order valence-electron chi connectivity index (χ0n) is 13.9. The van der Waals surface area contributed by atoms with Crippen LogP contribution in [0.4, 0.5) is 0 Å². The second-order valence-electron chi connectivity index (χ2n) is 6.76. The summed E-state index contributed by atoms with van der Waals surface area (Å²) in [6, 6.07) is 22.0. The van der Waals surface area contributed by atoms with Crippen molar-refractivity contribution in [3.8, 4) is 0 Å². The first-order valence-electron chi connectivity index (χ1n) is 7.67. The fraction of sp³-hybridized carbons (Fsp3) is 0.333. The van der Waals surface area contributed by atoms with E-state index in [0.717, 1.165) is 4.48 Å². The molecule has 2 aromatic rings. The first kappa shape index (κ1) is 18.9. The van der Waals surface area contributed by atoms with Crippen molar-refractivity contribution in [3.63, 3.8) is 0 Å². The number of halogens is 1. The number of hydrogen-bond acceptors (Lipinski definition) is 4. The molecule has 0 bridgehead atoms. The van der Waals surface area contributed by atoms with E-state index in [4.69, 9.17) is 18.6 Å². The van der Waals surface area contributed by atoms with Gasteiger partial charge in [-0.25, -0.2) is 18.6 Å². The van der Waals surface area contributed by atoms with Crippen molar-refractivity contribution in [2.24, 2.45) is 0 Å². The molecule has 130 valence electrons. The van der Waals surface area contributed by atoms with E-state index >= 15 is 0 Å². The van der Waals surface area contributed by atoms with Crippen LogP contribution in [0.15, 0.2) is 60.7 Å². The summed E-state index contributed by atoms with van der Waals surface area (Å²) in [6.07, 6.45) is 1.23. The maximum Gasteiger partial charge on any atom is 0.0924 e. The number of likely N-dealkylation sites (tertiary alicyclic amines) is 1. The molecule has 0 radical (unpaired) electrons. The predicted molar refractivity (Wildman–Crippen MR) is 80.1 cm³/mol. The van der Waals surface area contributed by atoms with E-state index in [0.29, 0.717) is 0 Å². The largest absolute Gasteiger partial charge is 0.327 e. The Morgan fingerprint density at radius 1 is 0.792 bits per heavy atom. The molecule has 0 aromatic heterocycles. The quantitative estimate of drug-likeness (QED) is 0.628. The molecule has 1 aliphatic rings. The summed E-state index contributed by atoms with van der Waals surface area (Å²) in [5.41, 5.74) is 3.11. The average Bonchev–Trinajstić information content (AvgIpc) is 2.85. The van der Waals surface area contributed by atoms with Gasteiger partial charge in [0.15, 0.2) is 0 Å². The molecule has 0 unspecified atom stereocenters. The number of hydrogen-bond donors (Lipinski definition) is 0. The molecule has 2 aromatic carbocycles. The van der Waals surface area contributed by atoms with Crippen molar-refractivity contribution in [2.75, 3.05) is 27.2 Å². The fourth-order valence-corrected chi connectivity index (χ4v) is 3.53. The maximum absolute atomic E-state index is 8.49. The Bertz CT molecular complexity index is 596. The number of quaternary nitrogens is 1. The number of rotatable bonds is 2. The SMILES string of the molecule is C[N+]1(C)CCC(c2ccccc2)(c2ccccc2)C1.[O-][Cl+3]([O-])([O-])[O-]. The highest BCUT2D eigenvalue weighted by molar-refractivity contribution is 5.40. The van der Waals surface area contributed by atoms with Crippen LogP contribution in [-0.2, 0) is 5.41 Å². The van der Waals surface area contributed by atoms with Crippen molar-refractivity contribution >= 4 is 0 Å². The highest BCUT2D eigenvalue weighted by atomic mass is 35.7. The van der Waals surface area contributed by atoms with Gasteiger partial charge in [-0.3, -0.25) is 0 Å². The third kappa shape index (κ3) is 5.01. The summed E-state index contributed by atoms with van der Waals surface area (Å²) >= 11 is 0. The minimum absolute atomic E-state index is 0.187. The lowest BCUT2D eigenvalue weighted by atomic mass is 9.74. The lowest BCUT2D eigenvalue weighted by molar-refractivity contribution is -2.00. The van der Waals surface area contributed by atoms with Crippen LogP contribution in [0, 0.1) is 10.2 Å². The van der Waals surface area contributed by atoms with Crippen molar-refractivity contribution in [1.29, 1.82) is 0 Å². The Labute approximate surface area is 144 Å². The standard InChI is InChI=1S/C18H22N.ClHO4/c1-19(2)14-13-18(15-19,16-9-5-3-6-10-16)17-11-7-4-8-12-17;2-1(3,4)5/h3-12H,13-15H2,1-2H3;(H,2,3,4,5)/q+1;/p-1. The Kier molecular flexibility index (Phi) is 5.65. The van der Waals surface area contributed by atoms with E-state index in [1.165, 1.54) is 30.6 Å². The van der Waals surface area contributed by atoms with Gasteiger partial charge < -0.3 is 4.48 Å². The van der Waals surface area contributed by atoms with E-state index < -0.39 is 10.2 Å². The van der Waals surface area contributed by atoms with Gasteiger partial charge in [0, 0.05) is 6.42 Å². The van der Waals surface area contributed by atoms with Crippen LogP contribution >= 0.6 is 0 Å². The van der Waals surface area contributed by atoms with Crippen LogP contribution in [0.1, 0.15) is 17.5 Å². The maximum atomic E-state index is 8.49. The van der Waals surface area contributed by atoms with Gasteiger partial charge in [0.1, 0.15) is 0 Å². The van der Waals surface area contributed by atoms with Crippen LogP contribution in [-0.4, -0.2) is 31.7 Å². The Morgan fingerprint density at radius 2 is 1.17 bits per heavy atom. The Hall–Kier alpha value is -1.47. The summed E-state index contributed by atoms with van der Waals surface area (Å²) in [5, 5.41) is 0. The number of likely N-dealkylation sites (N-methyl/N-ethyl adjacent to an activating group) is 1. The van der Waals surface area contributed by atoms with E-state index in [9.17, 15) is 0 Å². The van der Waals surface area contributed by atoms with Crippen molar-refractivity contribution < 1.29 is 33.4 Å². The molecule has 3 rings (SSSR count). The summed E-state index contributed by atoms with van der Waals surface area (Å²) in [6.45, 7) is 2.42. The van der Waals surface area contributed by atoms with Crippen molar-refractivity contribution in [3.05, 3.63) is 71.8 Å². The summed E-state index contributed by atoms with van der Waals surface area (Å²) in [7, 11) is -0.263. The molecule has 1 fully saturated rings.